The van der Waals surface area contributed by atoms with E-state index in [9.17, 15) is 14.4 Å². The second-order valence-corrected chi connectivity index (χ2v) is 8.48. The molecule has 2 aliphatic rings. The van der Waals surface area contributed by atoms with Crippen LogP contribution in [0.15, 0.2) is 54.7 Å². The zero-order chi connectivity index (χ0) is 20.7. The van der Waals surface area contributed by atoms with E-state index in [2.05, 4.69) is 15.6 Å². The summed E-state index contributed by atoms with van der Waals surface area (Å²) in [5.41, 5.74) is 3.37. The third-order valence-corrected chi connectivity index (χ3v) is 6.79. The van der Waals surface area contributed by atoms with Crippen molar-refractivity contribution >= 4 is 46.1 Å². The molecule has 5 rings (SSSR count). The molecule has 1 unspecified atom stereocenters. The third-order valence-electron chi connectivity index (χ3n) is 5.48. The number of nitrogens with zero attached hydrogens (tertiary/aromatic N) is 1. The van der Waals surface area contributed by atoms with Crippen LogP contribution < -0.4 is 10.6 Å². The van der Waals surface area contributed by atoms with E-state index in [1.807, 2.05) is 48.7 Å². The summed E-state index contributed by atoms with van der Waals surface area (Å²) in [6.45, 7) is 0.220. The van der Waals surface area contributed by atoms with Gasteiger partial charge in [0.05, 0.1) is 0 Å². The first-order valence-electron chi connectivity index (χ1n) is 9.80. The molecule has 3 heterocycles. The number of anilines is 1. The van der Waals surface area contributed by atoms with Crippen molar-refractivity contribution in [2.75, 3.05) is 17.6 Å². The van der Waals surface area contributed by atoms with E-state index in [1.54, 1.807) is 22.7 Å². The number of rotatable bonds is 5. The number of hydrogen-bond donors (Lipinski definition) is 3. The van der Waals surface area contributed by atoms with E-state index >= 15 is 0 Å². The van der Waals surface area contributed by atoms with Crippen molar-refractivity contribution in [2.45, 2.75) is 17.8 Å². The van der Waals surface area contributed by atoms with Gasteiger partial charge >= 0.3 is 0 Å². The highest BCUT2D eigenvalue weighted by atomic mass is 32.2. The highest BCUT2D eigenvalue weighted by Crippen LogP contribution is 2.47. The topological polar surface area (TPSA) is 94.3 Å². The van der Waals surface area contributed by atoms with E-state index in [0.29, 0.717) is 17.0 Å². The van der Waals surface area contributed by atoms with E-state index < -0.39 is 6.04 Å². The van der Waals surface area contributed by atoms with E-state index in [-0.39, 0.29) is 36.1 Å². The molecule has 152 valence electrons. The molecule has 2 aromatic carbocycles. The fraction of sp³-hybridized carbons (Fsp3) is 0.227. The first-order valence-corrected chi connectivity index (χ1v) is 10.8. The van der Waals surface area contributed by atoms with Gasteiger partial charge in [0.2, 0.25) is 11.8 Å². The van der Waals surface area contributed by atoms with E-state index in [0.717, 1.165) is 16.5 Å². The van der Waals surface area contributed by atoms with Gasteiger partial charge in [0.1, 0.15) is 11.4 Å². The summed E-state index contributed by atoms with van der Waals surface area (Å²) in [5, 5.41) is 6.58. The maximum absolute atomic E-state index is 12.7. The third kappa shape index (κ3) is 3.23. The normalized spacial score (nSPS) is 19.6. The predicted octanol–water partition coefficient (Wildman–Crippen LogP) is 2.88. The van der Waals surface area contributed by atoms with Crippen LogP contribution in [0, 0.1) is 0 Å². The number of hydrogen-bond acceptors (Lipinski definition) is 4. The summed E-state index contributed by atoms with van der Waals surface area (Å²) in [7, 11) is 0. The number of thioether (sulfide) groups is 1. The maximum atomic E-state index is 12.7. The Morgan fingerprint density at radius 2 is 2.03 bits per heavy atom. The molecular formula is C22H20N4O3S. The summed E-state index contributed by atoms with van der Waals surface area (Å²) in [5.74, 6) is 0.0688. The molecule has 30 heavy (non-hydrogen) atoms. The Morgan fingerprint density at radius 3 is 2.93 bits per heavy atom. The van der Waals surface area contributed by atoms with Crippen LogP contribution in [0.4, 0.5) is 5.69 Å². The van der Waals surface area contributed by atoms with Gasteiger partial charge in [0, 0.05) is 47.1 Å². The molecule has 2 atom stereocenters. The molecule has 8 heteroatoms. The molecule has 7 nitrogen and oxygen atoms in total. The molecule has 3 amide bonds. The van der Waals surface area contributed by atoms with Crippen LogP contribution >= 0.6 is 11.8 Å². The monoisotopic (exact) mass is 420 g/mol. The minimum absolute atomic E-state index is 0.0985. The van der Waals surface area contributed by atoms with Crippen molar-refractivity contribution in [2.24, 2.45) is 0 Å². The number of aromatic nitrogens is 1. The molecule has 0 spiro atoms. The highest BCUT2D eigenvalue weighted by molar-refractivity contribution is 7.99. The molecule has 3 aromatic rings. The lowest BCUT2D eigenvalue weighted by molar-refractivity contribution is -0.124. The number of carbonyl (C=O) groups is 3. The molecular weight excluding hydrogens is 400 g/mol. The van der Waals surface area contributed by atoms with Gasteiger partial charge in [-0.25, -0.2) is 0 Å². The number of nitrogens with one attached hydrogen (secondary N) is 3. The quantitative estimate of drug-likeness (QED) is 0.592. The lowest BCUT2D eigenvalue weighted by atomic mass is 10.1. The van der Waals surface area contributed by atoms with Crippen LogP contribution in [-0.4, -0.2) is 45.9 Å². The maximum Gasteiger partial charge on any atom is 0.256 e. The van der Waals surface area contributed by atoms with Gasteiger partial charge in [-0.1, -0.05) is 18.2 Å². The van der Waals surface area contributed by atoms with Crippen LogP contribution in [-0.2, 0) is 9.59 Å². The second-order valence-electron chi connectivity index (χ2n) is 7.37. The van der Waals surface area contributed by atoms with Gasteiger partial charge in [-0.2, -0.15) is 0 Å². The predicted molar refractivity (Wildman–Crippen MR) is 116 cm³/mol. The summed E-state index contributed by atoms with van der Waals surface area (Å²) in [4.78, 5) is 42.4. The van der Waals surface area contributed by atoms with Crippen molar-refractivity contribution in [1.82, 2.24) is 15.2 Å². The molecule has 2 aliphatic heterocycles. The number of benzene rings is 2. The van der Waals surface area contributed by atoms with Crippen molar-refractivity contribution in [3.05, 3.63) is 65.9 Å². The molecule has 1 aromatic heterocycles. The first kappa shape index (κ1) is 18.7. The molecule has 1 saturated heterocycles. The van der Waals surface area contributed by atoms with Gasteiger partial charge in [-0.05, 0) is 35.9 Å². The number of carbonyl (C=O) groups excluding carboxylic acids is 3. The molecule has 0 bridgehead atoms. The van der Waals surface area contributed by atoms with Crippen LogP contribution in [0.1, 0.15) is 27.7 Å². The summed E-state index contributed by atoms with van der Waals surface area (Å²) >= 11 is 1.60. The number of amides is 3. The van der Waals surface area contributed by atoms with Crippen LogP contribution in [0.5, 0.6) is 0 Å². The molecule has 3 N–H and O–H groups in total. The second kappa shape index (κ2) is 7.53. The average Bonchev–Trinajstić information content (AvgIpc) is 3.45. The Balaban J connectivity index is 1.15. The minimum Gasteiger partial charge on any atom is -0.361 e. The van der Waals surface area contributed by atoms with Crippen molar-refractivity contribution in [1.29, 1.82) is 0 Å². The van der Waals surface area contributed by atoms with Crippen molar-refractivity contribution < 1.29 is 14.4 Å². The zero-order valence-corrected chi connectivity index (χ0v) is 16.9. The van der Waals surface area contributed by atoms with E-state index in [1.165, 1.54) is 0 Å². The summed E-state index contributed by atoms with van der Waals surface area (Å²) in [6, 6.07) is 14.6. The Morgan fingerprint density at radius 1 is 1.17 bits per heavy atom. The molecule has 0 radical (unpaired) electrons. The first-order chi connectivity index (χ1) is 14.6. The summed E-state index contributed by atoms with van der Waals surface area (Å²) < 4.78 is 0. The molecule has 0 saturated carbocycles. The number of fused-ring (bicyclic) bond motifs is 4. The van der Waals surface area contributed by atoms with Crippen molar-refractivity contribution in [3.8, 4) is 0 Å². The fourth-order valence-electron chi connectivity index (χ4n) is 4.01. The SMILES string of the molecule is O=C(CCNC(=O)[C@@H]1CSC2c3ccccc3C(=O)N21)Nc1ccc2[nH]ccc2c1. The highest BCUT2D eigenvalue weighted by Gasteiger charge is 2.48. The molecule has 1 fully saturated rings. The van der Waals surface area contributed by atoms with Gasteiger partial charge in [-0.15, -0.1) is 11.8 Å². The number of aromatic amines is 1. The minimum atomic E-state index is -0.515. The van der Waals surface area contributed by atoms with Crippen LogP contribution in [0.2, 0.25) is 0 Å². The lowest BCUT2D eigenvalue weighted by Gasteiger charge is -2.22. The summed E-state index contributed by atoms with van der Waals surface area (Å²) in [6.07, 6.45) is 2.01. The van der Waals surface area contributed by atoms with Gasteiger partial charge in [0.15, 0.2) is 0 Å². The molecule has 0 aliphatic carbocycles. The smallest absolute Gasteiger partial charge is 0.256 e. The van der Waals surface area contributed by atoms with Gasteiger partial charge < -0.3 is 20.5 Å². The average molecular weight is 420 g/mol. The largest absolute Gasteiger partial charge is 0.361 e. The van der Waals surface area contributed by atoms with Gasteiger partial charge in [0.25, 0.3) is 5.91 Å². The zero-order valence-electron chi connectivity index (χ0n) is 16.1. The lowest BCUT2D eigenvalue weighted by Crippen LogP contribution is -2.46. The van der Waals surface area contributed by atoms with Gasteiger partial charge in [-0.3, -0.25) is 14.4 Å². The Kier molecular flexibility index (Phi) is 4.71. The fourth-order valence-corrected chi connectivity index (χ4v) is 5.48. The van der Waals surface area contributed by atoms with Crippen molar-refractivity contribution in [3.63, 3.8) is 0 Å². The van der Waals surface area contributed by atoms with Crippen LogP contribution in [0.25, 0.3) is 10.9 Å². The Bertz CT molecular complexity index is 1160. The standard InChI is InChI=1S/C22H20N4O3S/c27-19(25-14-5-6-17-13(11-14)7-9-23-17)8-10-24-20(28)18-12-30-22-16-4-2-1-3-15(16)21(29)26(18)22/h1-7,9,11,18,22-23H,8,10,12H2,(H,24,28)(H,25,27)/t18-,22?/m0/s1. The Labute approximate surface area is 177 Å². The van der Waals surface area contributed by atoms with E-state index in [4.69, 9.17) is 0 Å². The Hall–Kier alpha value is -3.26. The van der Waals surface area contributed by atoms with Crippen LogP contribution in [0.3, 0.4) is 0 Å². The number of H-pyrrole nitrogens is 1.